The van der Waals surface area contributed by atoms with Gasteiger partial charge in [0, 0.05) is 24.7 Å². The lowest BCUT2D eigenvalue weighted by Crippen LogP contribution is -2.21. The van der Waals surface area contributed by atoms with Crippen molar-refractivity contribution < 1.29 is 9.50 Å². The second-order valence-corrected chi connectivity index (χ2v) is 5.62. The van der Waals surface area contributed by atoms with Gasteiger partial charge in [0.25, 0.3) is 0 Å². The van der Waals surface area contributed by atoms with E-state index >= 15 is 0 Å². The third-order valence-electron chi connectivity index (χ3n) is 3.33. The first kappa shape index (κ1) is 14.1. The topological polar surface area (TPSA) is 45.1 Å². The number of aliphatic hydroxyl groups is 1. The Labute approximate surface area is 126 Å². The number of benzene rings is 1. The number of aliphatic hydroxyl groups excluding tert-OH is 1. The first-order valence-electron chi connectivity index (χ1n) is 6.68. The highest BCUT2D eigenvalue weighted by atomic mass is 32.1. The fourth-order valence-corrected chi connectivity index (χ4v) is 3.00. The van der Waals surface area contributed by atoms with Gasteiger partial charge in [-0.1, -0.05) is 6.07 Å². The van der Waals surface area contributed by atoms with Gasteiger partial charge in [-0.25, -0.2) is 4.39 Å². The number of hydrogen-bond donors (Lipinski definition) is 2. The van der Waals surface area contributed by atoms with Crippen molar-refractivity contribution in [1.82, 2.24) is 10.3 Å². The first-order valence-corrected chi connectivity index (χ1v) is 7.62. The summed E-state index contributed by atoms with van der Waals surface area (Å²) in [7, 11) is 0. The van der Waals surface area contributed by atoms with Gasteiger partial charge in [0.15, 0.2) is 0 Å². The molecule has 0 aliphatic rings. The van der Waals surface area contributed by atoms with Crippen LogP contribution < -0.4 is 5.32 Å². The number of pyridine rings is 1. The number of nitrogens with zero attached hydrogens (tertiary/aromatic N) is 1. The largest absolute Gasteiger partial charge is 0.387 e. The molecule has 0 fully saturated rings. The molecule has 1 atom stereocenters. The molecule has 0 amide bonds. The first-order chi connectivity index (χ1) is 10.2. The third kappa shape index (κ3) is 3.26. The Morgan fingerprint density at radius 1 is 1.33 bits per heavy atom. The molecule has 0 bridgehead atoms. The van der Waals surface area contributed by atoms with E-state index in [1.165, 1.54) is 12.1 Å². The van der Waals surface area contributed by atoms with Gasteiger partial charge < -0.3 is 10.4 Å². The van der Waals surface area contributed by atoms with Crippen molar-refractivity contribution in [2.24, 2.45) is 0 Å². The molecule has 0 aliphatic heterocycles. The van der Waals surface area contributed by atoms with Gasteiger partial charge in [-0.3, -0.25) is 4.98 Å². The molecule has 0 saturated heterocycles. The molecule has 1 aromatic carbocycles. The van der Waals surface area contributed by atoms with Gasteiger partial charge in [-0.05, 0) is 46.2 Å². The standard InChI is InChI=1S/C16H15FN2OS/c17-14-6-11-2-1-4-19-16(11)13(7-14)8-18-9-15(20)12-3-5-21-10-12/h1-7,10,15,18,20H,8-9H2. The summed E-state index contributed by atoms with van der Waals surface area (Å²) in [6.45, 7) is 0.883. The SMILES string of the molecule is OC(CNCc1cc(F)cc2cccnc12)c1ccsc1. The number of halogens is 1. The van der Waals surface area contributed by atoms with Crippen LogP contribution in [0.3, 0.4) is 0 Å². The van der Waals surface area contributed by atoms with Crippen LogP contribution in [0.15, 0.2) is 47.3 Å². The van der Waals surface area contributed by atoms with Crippen LogP contribution in [-0.2, 0) is 6.54 Å². The monoisotopic (exact) mass is 302 g/mol. The fraction of sp³-hybridized carbons (Fsp3) is 0.188. The lowest BCUT2D eigenvalue weighted by Gasteiger charge is -2.11. The lowest BCUT2D eigenvalue weighted by molar-refractivity contribution is 0.175. The van der Waals surface area contributed by atoms with Crippen molar-refractivity contribution in [3.8, 4) is 0 Å². The van der Waals surface area contributed by atoms with Crippen molar-refractivity contribution in [1.29, 1.82) is 0 Å². The van der Waals surface area contributed by atoms with E-state index in [4.69, 9.17) is 0 Å². The summed E-state index contributed by atoms with van der Waals surface area (Å²) in [4.78, 5) is 4.30. The molecule has 2 heterocycles. The highest BCUT2D eigenvalue weighted by molar-refractivity contribution is 7.07. The Morgan fingerprint density at radius 2 is 2.24 bits per heavy atom. The molecule has 5 heteroatoms. The minimum Gasteiger partial charge on any atom is -0.387 e. The minimum atomic E-state index is -0.552. The van der Waals surface area contributed by atoms with Crippen LogP contribution in [0.4, 0.5) is 4.39 Å². The summed E-state index contributed by atoms with van der Waals surface area (Å²) in [5, 5.41) is 17.8. The van der Waals surface area contributed by atoms with Gasteiger partial charge in [0.1, 0.15) is 5.82 Å². The van der Waals surface area contributed by atoms with E-state index in [0.717, 1.165) is 22.0 Å². The maximum absolute atomic E-state index is 13.6. The van der Waals surface area contributed by atoms with Crippen LogP contribution >= 0.6 is 11.3 Å². The molecular weight excluding hydrogens is 287 g/mol. The van der Waals surface area contributed by atoms with Crippen LogP contribution in [-0.4, -0.2) is 16.6 Å². The minimum absolute atomic E-state index is 0.273. The number of aromatic nitrogens is 1. The predicted octanol–water partition coefficient (Wildman–Crippen LogP) is 3.26. The Hall–Kier alpha value is -1.82. The normalized spacial score (nSPS) is 12.7. The predicted molar refractivity (Wildman–Crippen MR) is 82.7 cm³/mol. The average molecular weight is 302 g/mol. The molecule has 0 radical (unpaired) electrons. The van der Waals surface area contributed by atoms with Crippen molar-refractivity contribution in [2.75, 3.05) is 6.54 Å². The van der Waals surface area contributed by atoms with Crippen LogP contribution in [0.1, 0.15) is 17.2 Å². The zero-order valence-corrected chi connectivity index (χ0v) is 12.1. The number of fused-ring (bicyclic) bond motifs is 1. The summed E-state index contributed by atoms with van der Waals surface area (Å²) < 4.78 is 13.6. The number of thiophene rings is 1. The Kier molecular flexibility index (Phi) is 4.24. The maximum Gasteiger partial charge on any atom is 0.124 e. The van der Waals surface area contributed by atoms with Gasteiger partial charge in [0.05, 0.1) is 11.6 Å². The summed E-state index contributed by atoms with van der Waals surface area (Å²) in [5.41, 5.74) is 2.48. The molecule has 1 unspecified atom stereocenters. The summed E-state index contributed by atoms with van der Waals surface area (Å²) in [5.74, 6) is -0.273. The zero-order valence-electron chi connectivity index (χ0n) is 11.3. The van der Waals surface area contributed by atoms with E-state index in [2.05, 4.69) is 10.3 Å². The van der Waals surface area contributed by atoms with Crippen LogP contribution in [0.25, 0.3) is 10.9 Å². The second kappa shape index (κ2) is 6.30. The molecule has 0 aliphatic carbocycles. The van der Waals surface area contributed by atoms with E-state index in [9.17, 15) is 9.50 Å². The summed E-state index contributed by atoms with van der Waals surface area (Å²) in [6.07, 6.45) is 1.15. The van der Waals surface area contributed by atoms with Gasteiger partial charge >= 0.3 is 0 Å². The van der Waals surface area contributed by atoms with Crippen LogP contribution in [0, 0.1) is 5.82 Å². The molecular formula is C16H15FN2OS. The second-order valence-electron chi connectivity index (χ2n) is 4.84. The van der Waals surface area contributed by atoms with E-state index in [1.54, 1.807) is 23.6 Å². The molecule has 21 heavy (non-hydrogen) atoms. The zero-order chi connectivity index (χ0) is 14.7. The van der Waals surface area contributed by atoms with Crippen molar-refractivity contribution >= 4 is 22.2 Å². The smallest absolute Gasteiger partial charge is 0.124 e. The Balaban J connectivity index is 1.71. The lowest BCUT2D eigenvalue weighted by atomic mass is 10.1. The van der Waals surface area contributed by atoms with Crippen molar-refractivity contribution in [2.45, 2.75) is 12.6 Å². The van der Waals surface area contributed by atoms with Crippen molar-refractivity contribution in [3.63, 3.8) is 0 Å². The van der Waals surface area contributed by atoms with Crippen molar-refractivity contribution in [3.05, 3.63) is 64.2 Å². The molecule has 0 saturated carbocycles. The number of rotatable bonds is 5. The van der Waals surface area contributed by atoms with Gasteiger partial charge in [-0.15, -0.1) is 0 Å². The Bertz CT molecular complexity index is 730. The van der Waals surface area contributed by atoms with E-state index < -0.39 is 6.10 Å². The van der Waals surface area contributed by atoms with E-state index in [-0.39, 0.29) is 5.82 Å². The van der Waals surface area contributed by atoms with Gasteiger partial charge in [0.2, 0.25) is 0 Å². The molecule has 0 spiro atoms. The highest BCUT2D eigenvalue weighted by Crippen LogP contribution is 2.19. The fourth-order valence-electron chi connectivity index (χ4n) is 2.29. The summed E-state index contributed by atoms with van der Waals surface area (Å²) >= 11 is 1.55. The quantitative estimate of drug-likeness (QED) is 0.760. The van der Waals surface area contributed by atoms with Crippen LogP contribution in [0.2, 0.25) is 0 Å². The highest BCUT2D eigenvalue weighted by Gasteiger charge is 2.09. The molecule has 3 aromatic rings. The molecule has 2 aromatic heterocycles. The van der Waals surface area contributed by atoms with E-state index in [1.807, 2.05) is 22.9 Å². The van der Waals surface area contributed by atoms with Gasteiger partial charge in [-0.2, -0.15) is 11.3 Å². The molecule has 2 N–H and O–H groups in total. The van der Waals surface area contributed by atoms with E-state index in [0.29, 0.717) is 13.1 Å². The summed E-state index contributed by atoms with van der Waals surface area (Å²) in [6, 6.07) is 8.50. The average Bonchev–Trinajstić information content (AvgIpc) is 3.01. The maximum atomic E-state index is 13.6. The number of nitrogens with one attached hydrogen (secondary N) is 1. The third-order valence-corrected chi connectivity index (χ3v) is 4.03. The molecule has 108 valence electrons. The number of hydrogen-bond acceptors (Lipinski definition) is 4. The Morgan fingerprint density at radius 3 is 3.05 bits per heavy atom. The molecule has 3 nitrogen and oxygen atoms in total. The van der Waals surface area contributed by atoms with Crippen LogP contribution in [0.5, 0.6) is 0 Å². The molecule has 3 rings (SSSR count).